The smallest absolute Gasteiger partial charge is 0.0954 e. The number of hydrogen-bond acceptors (Lipinski definition) is 2. The Morgan fingerprint density at radius 3 is 2.17 bits per heavy atom. The number of ether oxygens (including phenoxy) is 2. The Kier molecular flexibility index (Phi) is 11.0. The summed E-state index contributed by atoms with van der Waals surface area (Å²) in [5, 5.41) is 0. The molecule has 0 radical (unpaired) electrons. The van der Waals surface area contributed by atoms with Crippen molar-refractivity contribution in [3.05, 3.63) is 35.9 Å². The normalized spacial score (nSPS) is 15.2. The molecule has 1 aromatic rings. The zero-order chi connectivity index (χ0) is 17.7. The van der Waals surface area contributed by atoms with Crippen LogP contribution in [0.3, 0.4) is 0 Å². The second-order valence-electron chi connectivity index (χ2n) is 6.91. The molecule has 0 spiro atoms. The zero-order valence-electron chi connectivity index (χ0n) is 16.4. The summed E-state index contributed by atoms with van der Waals surface area (Å²) in [6.07, 6.45) is 10.1. The fraction of sp³-hybridized carbons (Fsp3) is 0.727. The summed E-state index contributed by atoms with van der Waals surface area (Å²) in [5.41, 5.74) is 1.07. The summed E-state index contributed by atoms with van der Waals surface area (Å²) < 4.78 is 12.4. The Balaban J connectivity index is 2.63. The number of rotatable bonds is 14. The molecule has 0 N–H and O–H groups in total. The predicted octanol–water partition coefficient (Wildman–Crippen LogP) is 6.18. The van der Waals surface area contributed by atoms with Crippen molar-refractivity contribution in [2.45, 2.75) is 90.8 Å². The Labute approximate surface area is 149 Å². The molecule has 2 heteroatoms. The van der Waals surface area contributed by atoms with Crippen LogP contribution in [0.25, 0.3) is 0 Å². The maximum atomic E-state index is 6.22. The molecule has 0 aliphatic rings. The average molecular weight is 335 g/mol. The first-order valence-electron chi connectivity index (χ1n) is 9.95. The number of unbranched alkanes of at least 4 members (excludes halogenated alkanes) is 5. The molecule has 0 aromatic heterocycles. The van der Waals surface area contributed by atoms with Gasteiger partial charge in [0.05, 0.1) is 11.7 Å². The molecule has 24 heavy (non-hydrogen) atoms. The second-order valence-corrected chi connectivity index (χ2v) is 6.91. The van der Waals surface area contributed by atoms with E-state index in [1.165, 1.54) is 44.1 Å². The van der Waals surface area contributed by atoms with E-state index in [9.17, 15) is 0 Å². The molecule has 138 valence electrons. The van der Waals surface area contributed by atoms with Crippen molar-refractivity contribution in [1.29, 1.82) is 0 Å². The van der Waals surface area contributed by atoms with Gasteiger partial charge in [0.1, 0.15) is 0 Å². The molecule has 0 amide bonds. The SMILES string of the molecule is CCCCCCCCC(OCC)C(C)(Cc1ccccc1)OCC. The van der Waals surface area contributed by atoms with Gasteiger partial charge in [-0.05, 0) is 32.8 Å². The van der Waals surface area contributed by atoms with E-state index in [2.05, 4.69) is 58.0 Å². The van der Waals surface area contributed by atoms with Gasteiger partial charge in [0.15, 0.2) is 0 Å². The van der Waals surface area contributed by atoms with Crippen LogP contribution in [-0.2, 0) is 15.9 Å². The molecule has 2 nitrogen and oxygen atoms in total. The maximum absolute atomic E-state index is 6.22. The predicted molar refractivity (Wildman–Crippen MR) is 104 cm³/mol. The molecular weight excluding hydrogens is 296 g/mol. The van der Waals surface area contributed by atoms with E-state index < -0.39 is 0 Å². The van der Waals surface area contributed by atoms with Crippen molar-refractivity contribution < 1.29 is 9.47 Å². The third-order valence-electron chi connectivity index (χ3n) is 4.74. The van der Waals surface area contributed by atoms with E-state index in [1.54, 1.807) is 0 Å². The molecule has 2 atom stereocenters. The minimum atomic E-state index is -0.254. The fourth-order valence-corrected chi connectivity index (χ4v) is 3.46. The highest BCUT2D eigenvalue weighted by atomic mass is 16.5. The molecule has 0 saturated carbocycles. The number of benzene rings is 1. The monoisotopic (exact) mass is 334 g/mol. The van der Waals surface area contributed by atoms with Gasteiger partial charge < -0.3 is 9.47 Å². The van der Waals surface area contributed by atoms with Crippen LogP contribution in [0.2, 0.25) is 0 Å². The molecule has 0 heterocycles. The molecule has 1 aromatic carbocycles. The van der Waals surface area contributed by atoms with Crippen LogP contribution >= 0.6 is 0 Å². The lowest BCUT2D eigenvalue weighted by atomic mass is 9.87. The van der Waals surface area contributed by atoms with Gasteiger partial charge in [0, 0.05) is 19.6 Å². The Hall–Kier alpha value is -0.860. The molecular formula is C22H38O2. The van der Waals surface area contributed by atoms with Crippen molar-refractivity contribution >= 4 is 0 Å². The first-order valence-corrected chi connectivity index (χ1v) is 9.95. The van der Waals surface area contributed by atoms with Crippen LogP contribution in [0.1, 0.15) is 78.2 Å². The van der Waals surface area contributed by atoms with E-state index in [0.29, 0.717) is 0 Å². The van der Waals surface area contributed by atoms with Crippen molar-refractivity contribution in [3.63, 3.8) is 0 Å². The van der Waals surface area contributed by atoms with E-state index in [1.807, 2.05) is 0 Å². The van der Waals surface area contributed by atoms with Crippen molar-refractivity contribution in [2.24, 2.45) is 0 Å². The highest BCUT2D eigenvalue weighted by Gasteiger charge is 2.35. The third kappa shape index (κ3) is 7.81. The Morgan fingerprint density at radius 1 is 0.875 bits per heavy atom. The first kappa shape index (κ1) is 21.2. The molecule has 0 aliphatic heterocycles. The van der Waals surface area contributed by atoms with Gasteiger partial charge in [-0.15, -0.1) is 0 Å². The van der Waals surface area contributed by atoms with Crippen molar-refractivity contribution in [2.75, 3.05) is 13.2 Å². The quantitative estimate of drug-likeness (QED) is 0.378. The van der Waals surface area contributed by atoms with Gasteiger partial charge >= 0.3 is 0 Å². The van der Waals surface area contributed by atoms with Gasteiger partial charge in [-0.2, -0.15) is 0 Å². The van der Waals surface area contributed by atoms with Crippen LogP contribution in [0.5, 0.6) is 0 Å². The van der Waals surface area contributed by atoms with E-state index in [4.69, 9.17) is 9.47 Å². The van der Waals surface area contributed by atoms with Crippen LogP contribution in [-0.4, -0.2) is 24.9 Å². The average Bonchev–Trinajstić information content (AvgIpc) is 2.58. The van der Waals surface area contributed by atoms with Gasteiger partial charge in [-0.25, -0.2) is 0 Å². The van der Waals surface area contributed by atoms with E-state index in [0.717, 1.165) is 26.1 Å². The summed E-state index contributed by atoms with van der Waals surface area (Å²) >= 11 is 0. The summed E-state index contributed by atoms with van der Waals surface area (Å²) in [6, 6.07) is 10.6. The summed E-state index contributed by atoms with van der Waals surface area (Å²) in [4.78, 5) is 0. The van der Waals surface area contributed by atoms with E-state index in [-0.39, 0.29) is 11.7 Å². The highest BCUT2D eigenvalue weighted by molar-refractivity contribution is 5.17. The van der Waals surface area contributed by atoms with Gasteiger partial charge in [-0.1, -0.05) is 75.8 Å². The third-order valence-corrected chi connectivity index (χ3v) is 4.74. The van der Waals surface area contributed by atoms with Crippen molar-refractivity contribution in [1.82, 2.24) is 0 Å². The second kappa shape index (κ2) is 12.5. The summed E-state index contributed by atoms with van der Waals surface area (Å²) in [6.45, 7) is 10.1. The minimum Gasteiger partial charge on any atom is -0.376 e. The van der Waals surface area contributed by atoms with Crippen LogP contribution in [0, 0.1) is 0 Å². The molecule has 0 fully saturated rings. The van der Waals surface area contributed by atoms with E-state index >= 15 is 0 Å². The fourth-order valence-electron chi connectivity index (χ4n) is 3.46. The highest BCUT2D eigenvalue weighted by Crippen LogP contribution is 2.28. The summed E-state index contributed by atoms with van der Waals surface area (Å²) in [7, 11) is 0. The lowest BCUT2D eigenvalue weighted by Gasteiger charge is -2.37. The zero-order valence-corrected chi connectivity index (χ0v) is 16.4. The lowest BCUT2D eigenvalue weighted by molar-refractivity contribution is -0.135. The molecule has 2 unspecified atom stereocenters. The van der Waals surface area contributed by atoms with Gasteiger partial charge in [0.25, 0.3) is 0 Å². The van der Waals surface area contributed by atoms with Crippen LogP contribution < -0.4 is 0 Å². The molecule has 0 bridgehead atoms. The lowest BCUT2D eigenvalue weighted by Crippen LogP contribution is -2.46. The minimum absolute atomic E-state index is 0.161. The molecule has 0 aliphatic carbocycles. The largest absolute Gasteiger partial charge is 0.376 e. The van der Waals surface area contributed by atoms with Crippen molar-refractivity contribution in [3.8, 4) is 0 Å². The van der Waals surface area contributed by atoms with Crippen LogP contribution in [0.15, 0.2) is 30.3 Å². The first-order chi connectivity index (χ1) is 11.7. The van der Waals surface area contributed by atoms with Gasteiger partial charge in [-0.3, -0.25) is 0 Å². The maximum Gasteiger partial charge on any atom is 0.0954 e. The Morgan fingerprint density at radius 2 is 1.54 bits per heavy atom. The Bertz CT molecular complexity index is 404. The molecule has 0 saturated heterocycles. The molecule has 1 rings (SSSR count). The van der Waals surface area contributed by atoms with Crippen LogP contribution in [0.4, 0.5) is 0 Å². The number of hydrogen-bond donors (Lipinski definition) is 0. The van der Waals surface area contributed by atoms with Gasteiger partial charge in [0.2, 0.25) is 0 Å². The summed E-state index contributed by atoms with van der Waals surface area (Å²) in [5.74, 6) is 0. The standard InChI is InChI=1S/C22H38O2/c1-5-8-9-10-11-15-18-21(23-6-2)22(4,24-7-3)19-20-16-13-12-14-17-20/h12-14,16-17,21H,5-11,15,18-19H2,1-4H3. The topological polar surface area (TPSA) is 18.5 Å².